The standard InChI is InChI=1S/C7H6F2.2C2H6/c1-5-2-3-6(8)7(9)4-5;2*1-2/h2-4H,1H3;2*1-2H3. The second kappa shape index (κ2) is 9.17. The van der Waals surface area contributed by atoms with Crippen molar-refractivity contribution in [1.82, 2.24) is 0 Å². The van der Waals surface area contributed by atoms with Gasteiger partial charge in [0.25, 0.3) is 0 Å². The third-order valence-corrected chi connectivity index (χ3v) is 1.08. The van der Waals surface area contributed by atoms with Gasteiger partial charge >= 0.3 is 0 Å². The van der Waals surface area contributed by atoms with Crippen LogP contribution in [0, 0.1) is 18.6 Å². The molecular weight excluding hydrogens is 170 g/mol. The van der Waals surface area contributed by atoms with Crippen LogP contribution >= 0.6 is 0 Å². The number of rotatable bonds is 0. The molecule has 0 spiro atoms. The van der Waals surface area contributed by atoms with Crippen molar-refractivity contribution in [2.45, 2.75) is 34.6 Å². The zero-order valence-electron chi connectivity index (χ0n) is 8.99. The van der Waals surface area contributed by atoms with Crippen molar-refractivity contribution in [2.24, 2.45) is 0 Å². The zero-order valence-corrected chi connectivity index (χ0v) is 8.99. The number of aryl methyl sites for hydroxylation is 1. The molecule has 0 bridgehead atoms. The smallest absolute Gasteiger partial charge is 0.159 e. The van der Waals surface area contributed by atoms with Gasteiger partial charge in [0, 0.05) is 0 Å². The quantitative estimate of drug-likeness (QED) is 0.568. The number of benzene rings is 1. The maximum absolute atomic E-state index is 12.2. The molecule has 0 nitrogen and oxygen atoms in total. The molecule has 0 radical (unpaired) electrons. The van der Waals surface area contributed by atoms with E-state index >= 15 is 0 Å². The Balaban J connectivity index is 0. The molecule has 0 aromatic heterocycles. The molecule has 0 aliphatic heterocycles. The monoisotopic (exact) mass is 188 g/mol. The lowest BCUT2D eigenvalue weighted by molar-refractivity contribution is 0.508. The van der Waals surface area contributed by atoms with E-state index in [9.17, 15) is 8.78 Å². The van der Waals surface area contributed by atoms with Gasteiger partial charge < -0.3 is 0 Å². The Morgan fingerprint density at radius 1 is 0.846 bits per heavy atom. The Labute approximate surface area is 79.6 Å². The summed E-state index contributed by atoms with van der Waals surface area (Å²) in [4.78, 5) is 0. The van der Waals surface area contributed by atoms with E-state index in [1.807, 2.05) is 27.7 Å². The van der Waals surface area contributed by atoms with E-state index in [1.165, 1.54) is 6.07 Å². The van der Waals surface area contributed by atoms with Gasteiger partial charge in [-0.25, -0.2) is 8.78 Å². The van der Waals surface area contributed by atoms with E-state index in [2.05, 4.69) is 0 Å². The topological polar surface area (TPSA) is 0 Å². The minimum absolute atomic E-state index is 0.730. The van der Waals surface area contributed by atoms with E-state index in [0.29, 0.717) is 0 Å². The first kappa shape index (κ1) is 14.6. The van der Waals surface area contributed by atoms with Gasteiger partial charge in [-0.05, 0) is 24.6 Å². The normalized spacial score (nSPS) is 7.62. The van der Waals surface area contributed by atoms with Crippen LogP contribution < -0.4 is 0 Å². The highest BCUT2D eigenvalue weighted by Crippen LogP contribution is 2.06. The van der Waals surface area contributed by atoms with Crippen molar-refractivity contribution in [1.29, 1.82) is 0 Å². The summed E-state index contributed by atoms with van der Waals surface area (Å²) in [5.74, 6) is -1.57. The Morgan fingerprint density at radius 2 is 1.31 bits per heavy atom. The molecule has 0 heterocycles. The van der Waals surface area contributed by atoms with Crippen LogP contribution in [0.1, 0.15) is 33.3 Å². The minimum Gasteiger partial charge on any atom is -0.204 e. The van der Waals surface area contributed by atoms with Gasteiger partial charge in [0.15, 0.2) is 11.6 Å². The number of halogens is 2. The van der Waals surface area contributed by atoms with Crippen LogP contribution in [0.4, 0.5) is 8.78 Å². The largest absolute Gasteiger partial charge is 0.204 e. The Hall–Kier alpha value is -0.920. The molecule has 0 saturated heterocycles. The average molecular weight is 188 g/mol. The molecule has 13 heavy (non-hydrogen) atoms. The van der Waals surface area contributed by atoms with Crippen LogP contribution in [-0.2, 0) is 0 Å². The fraction of sp³-hybridized carbons (Fsp3) is 0.455. The predicted octanol–water partition coefficient (Wildman–Crippen LogP) is 4.33. The van der Waals surface area contributed by atoms with Crippen molar-refractivity contribution in [2.75, 3.05) is 0 Å². The third kappa shape index (κ3) is 6.26. The molecule has 0 unspecified atom stereocenters. The zero-order chi connectivity index (χ0) is 10.9. The van der Waals surface area contributed by atoms with Gasteiger partial charge in [-0.3, -0.25) is 0 Å². The summed E-state index contributed by atoms with van der Waals surface area (Å²) in [6.07, 6.45) is 0. The third-order valence-electron chi connectivity index (χ3n) is 1.08. The maximum Gasteiger partial charge on any atom is 0.159 e. The van der Waals surface area contributed by atoms with Crippen molar-refractivity contribution >= 4 is 0 Å². The summed E-state index contributed by atoms with van der Waals surface area (Å²) in [6.45, 7) is 9.71. The van der Waals surface area contributed by atoms with Crippen LogP contribution in [0.5, 0.6) is 0 Å². The van der Waals surface area contributed by atoms with Crippen LogP contribution in [-0.4, -0.2) is 0 Å². The van der Waals surface area contributed by atoms with Crippen molar-refractivity contribution in [3.05, 3.63) is 35.4 Å². The fourth-order valence-corrected chi connectivity index (χ4v) is 0.601. The molecule has 0 aliphatic rings. The van der Waals surface area contributed by atoms with Gasteiger partial charge in [0.1, 0.15) is 0 Å². The SMILES string of the molecule is CC.CC.Cc1ccc(F)c(F)c1. The van der Waals surface area contributed by atoms with E-state index in [4.69, 9.17) is 0 Å². The number of hydrogen-bond acceptors (Lipinski definition) is 0. The first-order valence-corrected chi connectivity index (χ1v) is 4.62. The highest BCUT2D eigenvalue weighted by molar-refractivity contribution is 5.15. The molecule has 2 heteroatoms. The lowest BCUT2D eigenvalue weighted by Gasteiger charge is -1.91. The van der Waals surface area contributed by atoms with Gasteiger partial charge in [-0.15, -0.1) is 0 Å². The highest BCUT2D eigenvalue weighted by atomic mass is 19.2. The van der Waals surface area contributed by atoms with E-state index in [0.717, 1.165) is 17.7 Å². The van der Waals surface area contributed by atoms with Crippen molar-refractivity contribution in [3.8, 4) is 0 Å². The minimum atomic E-state index is -0.791. The van der Waals surface area contributed by atoms with Crippen LogP contribution in [0.15, 0.2) is 18.2 Å². The second-order valence-corrected chi connectivity index (χ2v) is 1.92. The molecular formula is C11H18F2. The molecule has 0 atom stereocenters. The van der Waals surface area contributed by atoms with Crippen LogP contribution in [0.3, 0.4) is 0 Å². The first-order chi connectivity index (χ1) is 6.20. The second-order valence-electron chi connectivity index (χ2n) is 1.92. The first-order valence-electron chi connectivity index (χ1n) is 4.62. The van der Waals surface area contributed by atoms with E-state index in [1.54, 1.807) is 6.92 Å². The van der Waals surface area contributed by atoms with Gasteiger partial charge in [0.05, 0.1) is 0 Å². The Morgan fingerprint density at radius 3 is 1.62 bits per heavy atom. The predicted molar refractivity (Wildman–Crippen MR) is 53.8 cm³/mol. The summed E-state index contributed by atoms with van der Waals surface area (Å²) in [5, 5.41) is 0. The van der Waals surface area contributed by atoms with Crippen molar-refractivity contribution < 1.29 is 8.78 Å². The van der Waals surface area contributed by atoms with Gasteiger partial charge in [-0.1, -0.05) is 33.8 Å². The van der Waals surface area contributed by atoms with E-state index in [-0.39, 0.29) is 0 Å². The fourth-order valence-electron chi connectivity index (χ4n) is 0.601. The molecule has 0 saturated carbocycles. The molecule has 0 fully saturated rings. The lowest BCUT2D eigenvalue weighted by Crippen LogP contribution is -1.82. The Bertz CT molecular complexity index is 219. The molecule has 0 aliphatic carbocycles. The van der Waals surface area contributed by atoms with Crippen molar-refractivity contribution in [3.63, 3.8) is 0 Å². The van der Waals surface area contributed by atoms with E-state index < -0.39 is 11.6 Å². The summed E-state index contributed by atoms with van der Waals surface area (Å²) >= 11 is 0. The maximum atomic E-state index is 12.2. The van der Waals surface area contributed by atoms with Crippen LogP contribution in [0.2, 0.25) is 0 Å². The summed E-state index contributed by atoms with van der Waals surface area (Å²) in [7, 11) is 0. The van der Waals surface area contributed by atoms with Crippen LogP contribution in [0.25, 0.3) is 0 Å². The summed E-state index contributed by atoms with van der Waals surface area (Å²) in [5.41, 5.74) is 0.730. The van der Waals surface area contributed by atoms with Gasteiger partial charge in [0.2, 0.25) is 0 Å². The summed E-state index contributed by atoms with van der Waals surface area (Å²) < 4.78 is 24.3. The molecule has 76 valence electrons. The highest BCUT2D eigenvalue weighted by Gasteiger charge is 1.97. The molecule has 1 aromatic carbocycles. The summed E-state index contributed by atoms with van der Waals surface area (Å²) in [6, 6.07) is 3.80. The molecule has 1 rings (SSSR count). The van der Waals surface area contributed by atoms with Gasteiger partial charge in [-0.2, -0.15) is 0 Å². The molecule has 0 amide bonds. The number of hydrogen-bond donors (Lipinski definition) is 0. The lowest BCUT2D eigenvalue weighted by atomic mass is 10.2. The average Bonchev–Trinajstić information content (AvgIpc) is 2.18. The molecule has 1 aromatic rings. The molecule has 0 N–H and O–H groups in total. The Kier molecular flexibility index (Phi) is 10.3.